The Labute approximate surface area is 111 Å². The fraction of sp³-hybridized carbons (Fsp3) is 0.533. The van der Waals surface area contributed by atoms with Crippen LogP contribution in [0.25, 0.3) is 0 Å². The number of fused-ring (bicyclic) bond motifs is 1. The van der Waals surface area contributed by atoms with Crippen molar-refractivity contribution in [3.05, 3.63) is 35.4 Å². The topological polar surface area (TPSA) is 29.1 Å². The first-order valence-electron chi connectivity index (χ1n) is 6.80. The highest BCUT2D eigenvalue weighted by Gasteiger charge is 2.48. The molecule has 0 aromatic heterocycles. The van der Waals surface area contributed by atoms with E-state index in [0.717, 1.165) is 42.9 Å². The van der Waals surface area contributed by atoms with Crippen LogP contribution in [0.4, 0.5) is 8.78 Å². The van der Waals surface area contributed by atoms with Crippen LogP contribution in [0.5, 0.6) is 0 Å². The van der Waals surface area contributed by atoms with Gasteiger partial charge >= 0.3 is 0 Å². The van der Waals surface area contributed by atoms with E-state index >= 15 is 0 Å². The number of carbonyl (C=O) groups is 1. The van der Waals surface area contributed by atoms with Crippen LogP contribution in [-0.2, 0) is 4.79 Å². The zero-order chi connectivity index (χ0) is 13.6. The molecule has 0 radical (unpaired) electrons. The van der Waals surface area contributed by atoms with Gasteiger partial charge in [0.2, 0.25) is 5.91 Å². The van der Waals surface area contributed by atoms with Gasteiger partial charge in [0.1, 0.15) is 11.6 Å². The standard InChI is InChI=1S/C15H17F2NO/c1-8(13-7-12(16)2-3-14(13)17)18-15(19)11-5-9-4-10(9)6-11/h2-3,7-11H,4-6H2,1H3,(H,18,19). The summed E-state index contributed by atoms with van der Waals surface area (Å²) >= 11 is 0. The van der Waals surface area contributed by atoms with Gasteiger partial charge in [-0.2, -0.15) is 0 Å². The highest BCUT2D eigenvalue weighted by atomic mass is 19.1. The van der Waals surface area contributed by atoms with Crippen molar-refractivity contribution in [1.29, 1.82) is 0 Å². The Morgan fingerprint density at radius 1 is 1.26 bits per heavy atom. The molecule has 1 N–H and O–H groups in total. The van der Waals surface area contributed by atoms with Crippen molar-refractivity contribution in [3.8, 4) is 0 Å². The smallest absolute Gasteiger partial charge is 0.223 e. The summed E-state index contributed by atoms with van der Waals surface area (Å²) in [7, 11) is 0. The Morgan fingerprint density at radius 2 is 1.95 bits per heavy atom. The zero-order valence-corrected chi connectivity index (χ0v) is 10.8. The second kappa shape index (κ2) is 4.58. The maximum Gasteiger partial charge on any atom is 0.223 e. The van der Waals surface area contributed by atoms with Gasteiger partial charge in [0.05, 0.1) is 6.04 Å². The molecule has 2 fully saturated rings. The number of carbonyl (C=O) groups excluding carboxylic acids is 1. The molecule has 0 aliphatic heterocycles. The summed E-state index contributed by atoms with van der Waals surface area (Å²) in [6.07, 6.45) is 3.17. The monoisotopic (exact) mass is 265 g/mol. The number of amides is 1. The molecule has 1 aromatic carbocycles. The second-order valence-electron chi connectivity index (χ2n) is 5.82. The van der Waals surface area contributed by atoms with E-state index in [-0.39, 0.29) is 17.4 Å². The lowest BCUT2D eigenvalue weighted by Crippen LogP contribution is -2.32. The molecule has 0 heterocycles. The fourth-order valence-electron chi connectivity index (χ4n) is 3.18. The lowest BCUT2D eigenvalue weighted by molar-refractivity contribution is -0.125. The average molecular weight is 265 g/mol. The highest BCUT2D eigenvalue weighted by Crippen LogP contribution is 2.54. The molecule has 0 spiro atoms. The first-order valence-corrected chi connectivity index (χ1v) is 6.80. The van der Waals surface area contributed by atoms with Crippen LogP contribution in [-0.4, -0.2) is 5.91 Å². The van der Waals surface area contributed by atoms with Crippen molar-refractivity contribution in [2.75, 3.05) is 0 Å². The summed E-state index contributed by atoms with van der Waals surface area (Å²) in [6, 6.07) is 2.82. The van der Waals surface area contributed by atoms with Gasteiger partial charge in [-0.15, -0.1) is 0 Å². The van der Waals surface area contributed by atoms with Crippen LogP contribution in [0.1, 0.15) is 37.8 Å². The van der Waals surface area contributed by atoms with Crippen LogP contribution >= 0.6 is 0 Å². The largest absolute Gasteiger partial charge is 0.349 e. The van der Waals surface area contributed by atoms with E-state index in [2.05, 4.69) is 5.32 Å². The van der Waals surface area contributed by atoms with E-state index in [0.29, 0.717) is 0 Å². The van der Waals surface area contributed by atoms with E-state index < -0.39 is 17.7 Å². The maximum atomic E-state index is 13.6. The molecule has 0 saturated heterocycles. The summed E-state index contributed by atoms with van der Waals surface area (Å²) in [4.78, 5) is 12.1. The molecule has 3 atom stereocenters. The molecule has 102 valence electrons. The Balaban J connectivity index is 1.65. The Bertz CT molecular complexity index is 507. The van der Waals surface area contributed by atoms with Crippen LogP contribution in [0, 0.1) is 29.4 Å². The van der Waals surface area contributed by atoms with Gasteiger partial charge < -0.3 is 5.32 Å². The third-order valence-corrected chi connectivity index (χ3v) is 4.40. The predicted molar refractivity (Wildman–Crippen MR) is 67.2 cm³/mol. The minimum Gasteiger partial charge on any atom is -0.349 e. The zero-order valence-electron chi connectivity index (χ0n) is 10.8. The van der Waals surface area contributed by atoms with E-state index in [1.165, 1.54) is 6.42 Å². The number of nitrogens with one attached hydrogen (secondary N) is 1. The normalized spacial score (nSPS) is 29.7. The molecule has 2 saturated carbocycles. The van der Waals surface area contributed by atoms with Crippen molar-refractivity contribution >= 4 is 5.91 Å². The summed E-state index contributed by atoms with van der Waals surface area (Å²) in [6.45, 7) is 1.69. The van der Waals surface area contributed by atoms with Gasteiger partial charge in [0.15, 0.2) is 0 Å². The molecule has 2 aliphatic carbocycles. The molecule has 4 heteroatoms. The third kappa shape index (κ3) is 2.48. The maximum absolute atomic E-state index is 13.6. The minimum absolute atomic E-state index is 0.0247. The molecule has 1 aromatic rings. The second-order valence-corrected chi connectivity index (χ2v) is 5.82. The molecule has 2 nitrogen and oxygen atoms in total. The number of benzene rings is 1. The van der Waals surface area contributed by atoms with E-state index in [4.69, 9.17) is 0 Å². The van der Waals surface area contributed by atoms with Crippen LogP contribution in [0.2, 0.25) is 0 Å². The molecule has 0 bridgehead atoms. The van der Waals surface area contributed by atoms with Gasteiger partial charge in [-0.3, -0.25) is 4.79 Å². The van der Waals surface area contributed by atoms with Crippen LogP contribution in [0.15, 0.2) is 18.2 Å². The molecule has 2 aliphatic rings. The lowest BCUT2D eigenvalue weighted by Gasteiger charge is -2.18. The quantitative estimate of drug-likeness (QED) is 0.893. The van der Waals surface area contributed by atoms with E-state index in [9.17, 15) is 13.6 Å². The fourth-order valence-corrected chi connectivity index (χ4v) is 3.18. The molecular formula is C15H17F2NO. The van der Waals surface area contributed by atoms with Crippen molar-refractivity contribution in [2.45, 2.75) is 32.2 Å². The molecular weight excluding hydrogens is 248 g/mol. The summed E-state index contributed by atoms with van der Waals surface area (Å²) in [5.74, 6) is 0.531. The first-order chi connectivity index (χ1) is 9.04. The van der Waals surface area contributed by atoms with Crippen molar-refractivity contribution in [1.82, 2.24) is 5.32 Å². The molecule has 3 unspecified atom stereocenters. The van der Waals surface area contributed by atoms with E-state index in [1.807, 2.05) is 0 Å². The Kier molecular flexibility index (Phi) is 3.03. The number of halogens is 2. The van der Waals surface area contributed by atoms with Gasteiger partial charge in [0, 0.05) is 11.5 Å². The summed E-state index contributed by atoms with van der Waals surface area (Å²) in [5, 5.41) is 2.80. The molecule has 19 heavy (non-hydrogen) atoms. The SMILES string of the molecule is CC(NC(=O)C1CC2CC2C1)c1cc(F)ccc1F. The minimum atomic E-state index is -0.500. The highest BCUT2D eigenvalue weighted by molar-refractivity contribution is 5.79. The number of hydrogen-bond donors (Lipinski definition) is 1. The Hall–Kier alpha value is -1.45. The van der Waals surface area contributed by atoms with Crippen molar-refractivity contribution < 1.29 is 13.6 Å². The molecule has 1 amide bonds. The van der Waals surface area contributed by atoms with E-state index in [1.54, 1.807) is 6.92 Å². The molecule has 3 rings (SSSR count). The van der Waals surface area contributed by atoms with Crippen LogP contribution < -0.4 is 5.32 Å². The summed E-state index contributed by atoms with van der Waals surface area (Å²) in [5.41, 5.74) is 0.205. The van der Waals surface area contributed by atoms with Gasteiger partial charge in [0.25, 0.3) is 0 Å². The number of hydrogen-bond acceptors (Lipinski definition) is 1. The Morgan fingerprint density at radius 3 is 2.63 bits per heavy atom. The van der Waals surface area contributed by atoms with Crippen molar-refractivity contribution in [3.63, 3.8) is 0 Å². The van der Waals surface area contributed by atoms with Crippen LogP contribution in [0.3, 0.4) is 0 Å². The van der Waals surface area contributed by atoms with Gasteiger partial charge in [-0.25, -0.2) is 8.78 Å². The first kappa shape index (κ1) is 12.6. The van der Waals surface area contributed by atoms with Gasteiger partial charge in [-0.05, 0) is 56.2 Å². The van der Waals surface area contributed by atoms with Crippen molar-refractivity contribution in [2.24, 2.45) is 17.8 Å². The van der Waals surface area contributed by atoms with Gasteiger partial charge in [-0.1, -0.05) is 0 Å². The predicted octanol–water partition coefficient (Wildman–Crippen LogP) is 3.19. The average Bonchev–Trinajstić information content (AvgIpc) is 2.99. The number of rotatable bonds is 3. The third-order valence-electron chi connectivity index (χ3n) is 4.40. The lowest BCUT2D eigenvalue weighted by atomic mass is 10.0. The summed E-state index contributed by atoms with van der Waals surface area (Å²) < 4.78 is 26.7.